The van der Waals surface area contributed by atoms with Crippen molar-refractivity contribution in [2.45, 2.75) is 26.7 Å². The first kappa shape index (κ1) is 18.6. The molecule has 0 saturated heterocycles. The summed E-state index contributed by atoms with van der Waals surface area (Å²) >= 11 is 0. The Hall–Kier alpha value is -2.69. The normalized spacial score (nSPS) is 10.4. The minimum absolute atomic E-state index is 0.0188. The second-order valence-corrected chi connectivity index (χ2v) is 5.67. The third-order valence-electron chi connectivity index (χ3n) is 4.03. The third-order valence-corrected chi connectivity index (χ3v) is 4.03. The fourth-order valence-electron chi connectivity index (χ4n) is 2.62. The molecule has 25 heavy (non-hydrogen) atoms. The van der Waals surface area contributed by atoms with Crippen LogP contribution in [0.5, 0.6) is 0 Å². The van der Waals surface area contributed by atoms with Gasteiger partial charge >= 0.3 is 0 Å². The molecule has 2 aromatic rings. The Balaban J connectivity index is 1.88. The zero-order valence-corrected chi connectivity index (χ0v) is 14.6. The van der Waals surface area contributed by atoms with Gasteiger partial charge in [0.05, 0.1) is 5.56 Å². The number of nitrogens with zero attached hydrogens (tertiary/aromatic N) is 1. The van der Waals surface area contributed by atoms with E-state index < -0.39 is 5.82 Å². The smallest absolute Gasteiger partial charge is 0.224 e. The van der Waals surface area contributed by atoms with Crippen LogP contribution in [0.1, 0.15) is 37.0 Å². The number of halogens is 1. The van der Waals surface area contributed by atoms with Crippen LogP contribution in [-0.2, 0) is 4.79 Å². The van der Waals surface area contributed by atoms with Gasteiger partial charge in [-0.1, -0.05) is 12.1 Å². The molecule has 0 aliphatic heterocycles. The van der Waals surface area contributed by atoms with Gasteiger partial charge in [-0.2, -0.15) is 0 Å². The lowest BCUT2D eigenvalue weighted by molar-refractivity contribution is -0.116. The molecule has 0 heterocycles. The van der Waals surface area contributed by atoms with Gasteiger partial charge < -0.3 is 10.2 Å². The van der Waals surface area contributed by atoms with E-state index in [0.29, 0.717) is 5.69 Å². The molecule has 0 aromatic heterocycles. The summed E-state index contributed by atoms with van der Waals surface area (Å²) in [5.74, 6) is -1.19. The lowest BCUT2D eigenvalue weighted by Gasteiger charge is -2.21. The van der Waals surface area contributed by atoms with Gasteiger partial charge in [0.1, 0.15) is 5.82 Å². The topological polar surface area (TPSA) is 49.4 Å². The SMILES string of the molecule is CCN(CC)c1ccc(NC(=O)CCC(=O)c2ccccc2F)cc1. The van der Waals surface area contributed by atoms with Crippen LogP contribution in [0.25, 0.3) is 0 Å². The van der Waals surface area contributed by atoms with E-state index in [2.05, 4.69) is 24.1 Å². The summed E-state index contributed by atoms with van der Waals surface area (Å²) in [6, 6.07) is 13.4. The number of carbonyl (C=O) groups excluding carboxylic acids is 2. The predicted molar refractivity (Wildman–Crippen MR) is 98.6 cm³/mol. The Morgan fingerprint density at radius 2 is 1.60 bits per heavy atom. The van der Waals surface area contributed by atoms with Gasteiger partial charge in [0.15, 0.2) is 5.78 Å². The first-order valence-electron chi connectivity index (χ1n) is 8.47. The van der Waals surface area contributed by atoms with Gasteiger partial charge in [-0.05, 0) is 50.2 Å². The number of rotatable bonds is 8. The fourth-order valence-corrected chi connectivity index (χ4v) is 2.62. The Kier molecular flexibility index (Phi) is 6.69. The summed E-state index contributed by atoms with van der Waals surface area (Å²) in [6.07, 6.45) is -0.00470. The van der Waals surface area contributed by atoms with Crippen molar-refractivity contribution < 1.29 is 14.0 Å². The van der Waals surface area contributed by atoms with E-state index in [0.717, 1.165) is 18.8 Å². The standard InChI is InChI=1S/C20H23FN2O2/c1-3-23(4-2)16-11-9-15(10-12-16)22-20(25)14-13-19(24)17-7-5-6-8-18(17)21/h5-12H,3-4,13-14H2,1-2H3,(H,22,25). The summed E-state index contributed by atoms with van der Waals surface area (Å²) in [7, 11) is 0. The Morgan fingerprint density at radius 1 is 0.960 bits per heavy atom. The number of carbonyl (C=O) groups is 2. The van der Waals surface area contributed by atoms with E-state index in [1.807, 2.05) is 24.3 Å². The molecule has 0 aliphatic carbocycles. The molecule has 0 fully saturated rings. The highest BCUT2D eigenvalue weighted by molar-refractivity contribution is 6.00. The van der Waals surface area contributed by atoms with Crippen molar-refractivity contribution in [2.75, 3.05) is 23.3 Å². The molecule has 2 aromatic carbocycles. The summed E-state index contributed by atoms with van der Waals surface area (Å²) in [5, 5.41) is 2.76. The number of amides is 1. The first-order valence-corrected chi connectivity index (χ1v) is 8.47. The van der Waals surface area contributed by atoms with Crippen LogP contribution in [-0.4, -0.2) is 24.8 Å². The Bertz CT molecular complexity index is 725. The number of Topliss-reactive ketones (excluding diaryl/α,β-unsaturated/α-hetero) is 1. The van der Waals surface area contributed by atoms with Crippen LogP contribution in [0, 0.1) is 5.82 Å². The van der Waals surface area contributed by atoms with Gasteiger partial charge in [0.2, 0.25) is 5.91 Å². The van der Waals surface area contributed by atoms with Crippen molar-refractivity contribution in [3.8, 4) is 0 Å². The lowest BCUT2D eigenvalue weighted by Crippen LogP contribution is -2.21. The monoisotopic (exact) mass is 342 g/mol. The van der Waals surface area contributed by atoms with Crippen LogP contribution >= 0.6 is 0 Å². The molecular formula is C20H23FN2O2. The molecule has 0 atom stereocenters. The highest BCUT2D eigenvalue weighted by Gasteiger charge is 2.13. The maximum Gasteiger partial charge on any atom is 0.224 e. The lowest BCUT2D eigenvalue weighted by atomic mass is 10.1. The van der Waals surface area contributed by atoms with E-state index >= 15 is 0 Å². The van der Waals surface area contributed by atoms with E-state index in [1.54, 1.807) is 6.07 Å². The van der Waals surface area contributed by atoms with Crippen molar-refractivity contribution in [3.05, 3.63) is 59.9 Å². The van der Waals surface area contributed by atoms with Crippen molar-refractivity contribution >= 4 is 23.1 Å². The summed E-state index contributed by atoms with van der Waals surface area (Å²) in [6.45, 7) is 6.01. The molecule has 1 amide bonds. The maximum atomic E-state index is 13.5. The third kappa shape index (κ3) is 5.14. The van der Waals surface area contributed by atoms with Gasteiger partial charge in [-0.15, -0.1) is 0 Å². The molecule has 0 aliphatic rings. The number of hydrogen-bond acceptors (Lipinski definition) is 3. The molecular weight excluding hydrogens is 319 g/mol. The van der Waals surface area contributed by atoms with Gasteiger partial charge in [0, 0.05) is 37.3 Å². The minimum atomic E-state index is -0.556. The van der Waals surface area contributed by atoms with E-state index in [9.17, 15) is 14.0 Å². The molecule has 1 N–H and O–H groups in total. The van der Waals surface area contributed by atoms with E-state index in [4.69, 9.17) is 0 Å². The average Bonchev–Trinajstić information content (AvgIpc) is 2.62. The summed E-state index contributed by atoms with van der Waals surface area (Å²) in [4.78, 5) is 26.2. The number of anilines is 2. The zero-order valence-electron chi connectivity index (χ0n) is 14.6. The van der Waals surface area contributed by atoms with Gasteiger partial charge in [0.25, 0.3) is 0 Å². The van der Waals surface area contributed by atoms with E-state index in [-0.39, 0.29) is 30.1 Å². The highest BCUT2D eigenvalue weighted by atomic mass is 19.1. The quantitative estimate of drug-likeness (QED) is 0.729. The Morgan fingerprint density at radius 3 is 2.20 bits per heavy atom. The molecule has 0 saturated carbocycles. The molecule has 132 valence electrons. The highest BCUT2D eigenvalue weighted by Crippen LogP contribution is 2.18. The molecule has 0 bridgehead atoms. The van der Waals surface area contributed by atoms with Crippen molar-refractivity contribution in [1.29, 1.82) is 0 Å². The van der Waals surface area contributed by atoms with Crippen molar-refractivity contribution in [3.63, 3.8) is 0 Å². The fraction of sp³-hybridized carbons (Fsp3) is 0.300. The molecule has 2 rings (SSSR count). The minimum Gasteiger partial charge on any atom is -0.372 e. The van der Waals surface area contributed by atoms with Crippen LogP contribution in [0.15, 0.2) is 48.5 Å². The van der Waals surface area contributed by atoms with E-state index in [1.165, 1.54) is 18.2 Å². The molecule has 5 heteroatoms. The molecule has 0 radical (unpaired) electrons. The number of hydrogen-bond donors (Lipinski definition) is 1. The molecule has 4 nitrogen and oxygen atoms in total. The van der Waals surface area contributed by atoms with Crippen LogP contribution in [0.2, 0.25) is 0 Å². The first-order chi connectivity index (χ1) is 12.0. The number of benzene rings is 2. The second-order valence-electron chi connectivity index (χ2n) is 5.67. The molecule has 0 spiro atoms. The predicted octanol–water partition coefficient (Wildman–Crippen LogP) is 4.27. The summed E-state index contributed by atoms with van der Waals surface area (Å²) in [5.41, 5.74) is 1.80. The van der Waals surface area contributed by atoms with Crippen molar-refractivity contribution in [2.24, 2.45) is 0 Å². The average molecular weight is 342 g/mol. The van der Waals surface area contributed by atoms with Crippen LogP contribution in [0.4, 0.5) is 15.8 Å². The van der Waals surface area contributed by atoms with Gasteiger partial charge in [-0.25, -0.2) is 4.39 Å². The largest absolute Gasteiger partial charge is 0.372 e. The molecule has 0 unspecified atom stereocenters. The van der Waals surface area contributed by atoms with Crippen LogP contribution < -0.4 is 10.2 Å². The van der Waals surface area contributed by atoms with Crippen molar-refractivity contribution in [1.82, 2.24) is 0 Å². The Labute approximate surface area is 147 Å². The number of nitrogens with one attached hydrogen (secondary N) is 1. The zero-order chi connectivity index (χ0) is 18.2. The van der Waals surface area contributed by atoms with Gasteiger partial charge in [-0.3, -0.25) is 9.59 Å². The number of ketones is 1. The summed E-state index contributed by atoms with van der Waals surface area (Å²) < 4.78 is 13.5. The second kappa shape index (κ2) is 8.97. The van der Waals surface area contributed by atoms with Crippen LogP contribution in [0.3, 0.4) is 0 Å². The maximum absolute atomic E-state index is 13.5.